The van der Waals surface area contributed by atoms with Crippen molar-refractivity contribution in [2.24, 2.45) is 5.92 Å². The summed E-state index contributed by atoms with van der Waals surface area (Å²) in [5, 5.41) is 11.9. The van der Waals surface area contributed by atoms with Gasteiger partial charge in [-0.3, -0.25) is 4.79 Å². The number of carbonyl (C=O) groups is 1. The molecule has 1 aliphatic rings. The van der Waals surface area contributed by atoms with E-state index in [2.05, 4.69) is 29.4 Å². The van der Waals surface area contributed by atoms with Gasteiger partial charge in [-0.05, 0) is 55.9 Å². The minimum atomic E-state index is -0.291. The van der Waals surface area contributed by atoms with Crippen molar-refractivity contribution < 1.29 is 9.18 Å². The number of fused-ring (bicyclic) bond motifs is 1. The van der Waals surface area contributed by atoms with Gasteiger partial charge in [-0.2, -0.15) is 10.2 Å². The molecule has 0 saturated carbocycles. The van der Waals surface area contributed by atoms with E-state index in [0.717, 1.165) is 49.2 Å². The van der Waals surface area contributed by atoms with E-state index >= 15 is 0 Å². The molecule has 1 aromatic carbocycles. The third-order valence-electron chi connectivity index (χ3n) is 4.96. The summed E-state index contributed by atoms with van der Waals surface area (Å²) >= 11 is 0. The average molecular weight is 381 g/mol. The van der Waals surface area contributed by atoms with Crippen molar-refractivity contribution in [3.05, 3.63) is 59.3 Å². The first-order chi connectivity index (χ1) is 13.5. The van der Waals surface area contributed by atoms with E-state index in [4.69, 9.17) is 0 Å². The molecule has 0 atom stereocenters. The van der Waals surface area contributed by atoms with Gasteiger partial charge in [0.2, 0.25) is 0 Å². The van der Waals surface area contributed by atoms with Crippen LogP contribution >= 0.6 is 0 Å². The van der Waals surface area contributed by atoms with E-state index in [9.17, 15) is 9.18 Å². The Kier molecular flexibility index (Phi) is 4.98. The number of amides is 1. The summed E-state index contributed by atoms with van der Waals surface area (Å²) in [4.78, 5) is 13.0. The van der Waals surface area contributed by atoms with E-state index in [1.165, 1.54) is 12.1 Å². The molecule has 2 heterocycles. The van der Waals surface area contributed by atoms with Crippen molar-refractivity contribution in [2.45, 2.75) is 46.1 Å². The molecule has 6 nitrogen and oxygen atoms in total. The first kappa shape index (κ1) is 18.4. The average Bonchev–Trinajstić information content (AvgIpc) is 3.27. The Balaban J connectivity index is 1.67. The van der Waals surface area contributed by atoms with Crippen LogP contribution in [0.4, 0.5) is 10.2 Å². The van der Waals surface area contributed by atoms with Gasteiger partial charge >= 0.3 is 0 Å². The van der Waals surface area contributed by atoms with Crippen LogP contribution in [0, 0.1) is 11.7 Å². The number of halogens is 1. The van der Waals surface area contributed by atoms with Crippen molar-refractivity contribution in [2.75, 3.05) is 5.32 Å². The van der Waals surface area contributed by atoms with E-state index in [-0.39, 0.29) is 11.7 Å². The van der Waals surface area contributed by atoms with Gasteiger partial charge in [0.15, 0.2) is 5.69 Å². The van der Waals surface area contributed by atoms with Crippen LogP contribution in [0.3, 0.4) is 0 Å². The molecule has 4 rings (SSSR count). The highest BCUT2D eigenvalue weighted by atomic mass is 19.1. The molecule has 1 amide bonds. The Bertz CT molecular complexity index is 987. The Morgan fingerprint density at radius 2 is 1.93 bits per heavy atom. The summed E-state index contributed by atoms with van der Waals surface area (Å²) in [7, 11) is 0. The third-order valence-corrected chi connectivity index (χ3v) is 4.96. The van der Waals surface area contributed by atoms with Crippen LogP contribution in [0.25, 0.3) is 5.69 Å². The summed E-state index contributed by atoms with van der Waals surface area (Å²) in [6, 6.07) is 8.00. The zero-order chi connectivity index (χ0) is 19.7. The maximum Gasteiger partial charge on any atom is 0.277 e. The number of carbonyl (C=O) groups excluding carboxylic acids is 1. The molecule has 0 saturated heterocycles. The number of hydrogen-bond donors (Lipinski definition) is 1. The highest BCUT2D eigenvalue weighted by molar-refractivity contribution is 6.03. The molecule has 0 unspecified atom stereocenters. The molecule has 1 aliphatic carbocycles. The lowest BCUT2D eigenvalue weighted by Crippen LogP contribution is -2.19. The number of aromatic nitrogens is 4. The Labute approximate surface area is 163 Å². The summed E-state index contributed by atoms with van der Waals surface area (Å²) in [5.74, 6) is 0.561. The van der Waals surface area contributed by atoms with Crippen molar-refractivity contribution in [1.82, 2.24) is 19.6 Å². The number of anilines is 1. The van der Waals surface area contributed by atoms with E-state index in [1.807, 2.05) is 0 Å². The van der Waals surface area contributed by atoms with Gasteiger partial charge in [0.1, 0.15) is 11.6 Å². The van der Waals surface area contributed by atoms with Gasteiger partial charge in [0, 0.05) is 23.9 Å². The van der Waals surface area contributed by atoms with Gasteiger partial charge < -0.3 is 5.32 Å². The molecule has 0 radical (unpaired) electrons. The third kappa shape index (κ3) is 3.56. The Morgan fingerprint density at radius 3 is 2.68 bits per heavy atom. The number of nitrogens with zero attached hydrogens (tertiary/aromatic N) is 4. The van der Waals surface area contributed by atoms with Gasteiger partial charge in [-0.1, -0.05) is 13.8 Å². The minimum absolute atomic E-state index is 0.232. The fraction of sp³-hybridized carbons (Fsp3) is 0.381. The second-order valence-corrected chi connectivity index (χ2v) is 7.62. The lowest BCUT2D eigenvalue weighted by Gasteiger charge is -2.14. The van der Waals surface area contributed by atoms with Crippen molar-refractivity contribution >= 4 is 11.7 Å². The molecule has 7 heteroatoms. The van der Waals surface area contributed by atoms with Gasteiger partial charge in [0.25, 0.3) is 5.91 Å². The monoisotopic (exact) mass is 381 g/mol. The molecule has 1 N–H and O–H groups in total. The molecule has 146 valence electrons. The Morgan fingerprint density at radius 1 is 1.18 bits per heavy atom. The number of hydrogen-bond acceptors (Lipinski definition) is 3. The number of benzene rings is 1. The fourth-order valence-corrected chi connectivity index (χ4v) is 3.68. The van der Waals surface area contributed by atoms with Crippen molar-refractivity contribution in [3.8, 4) is 5.69 Å². The standard InChI is InChI=1S/C21H24FN5O/c1-14(2)13-26-19(11-12-23-26)24-21(28)20-17-5-3-4-6-18(17)27(25-20)16-9-7-15(22)8-10-16/h7-12,14H,3-6,13H2,1-2H3,(H,24,28). The van der Waals surface area contributed by atoms with E-state index in [0.29, 0.717) is 17.4 Å². The molecule has 3 aromatic rings. The molecular formula is C21H24FN5O. The van der Waals surface area contributed by atoms with Crippen molar-refractivity contribution in [1.29, 1.82) is 0 Å². The van der Waals surface area contributed by atoms with Gasteiger partial charge in [0.05, 0.1) is 11.9 Å². The molecular weight excluding hydrogens is 357 g/mol. The summed E-state index contributed by atoms with van der Waals surface area (Å²) in [5.41, 5.74) is 3.24. The largest absolute Gasteiger partial charge is 0.305 e. The highest BCUT2D eigenvalue weighted by Gasteiger charge is 2.26. The topological polar surface area (TPSA) is 64.7 Å². The minimum Gasteiger partial charge on any atom is -0.305 e. The summed E-state index contributed by atoms with van der Waals surface area (Å²) in [6.45, 7) is 4.94. The maximum atomic E-state index is 13.3. The second kappa shape index (κ2) is 7.58. The molecule has 0 spiro atoms. The lowest BCUT2D eigenvalue weighted by molar-refractivity contribution is 0.101. The number of rotatable bonds is 5. The molecule has 0 fully saturated rings. The van der Waals surface area contributed by atoms with E-state index < -0.39 is 0 Å². The smallest absolute Gasteiger partial charge is 0.277 e. The van der Waals surface area contributed by atoms with Crippen molar-refractivity contribution in [3.63, 3.8) is 0 Å². The molecule has 0 bridgehead atoms. The van der Waals surface area contributed by atoms with Crippen LogP contribution in [0.15, 0.2) is 36.5 Å². The van der Waals surface area contributed by atoms with Gasteiger partial charge in [-0.15, -0.1) is 0 Å². The first-order valence-electron chi connectivity index (χ1n) is 9.73. The molecule has 28 heavy (non-hydrogen) atoms. The Hall–Kier alpha value is -2.96. The summed E-state index contributed by atoms with van der Waals surface area (Å²) < 4.78 is 16.9. The zero-order valence-corrected chi connectivity index (χ0v) is 16.2. The summed E-state index contributed by atoms with van der Waals surface area (Å²) in [6.07, 6.45) is 5.46. The van der Waals surface area contributed by atoms with E-state index in [1.54, 1.807) is 33.8 Å². The van der Waals surface area contributed by atoms with Crippen LogP contribution in [0.1, 0.15) is 48.4 Å². The van der Waals surface area contributed by atoms with Crippen LogP contribution in [0.5, 0.6) is 0 Å². The number of nitrogens with one attached hydrogen (secondary N) is 1. The fourth-order valence-electron chi connectivity index (χ4n) is 3.68. The van der Waals surface area contributed by atoms with Crippen LogP contribution in [-0.4, -0.2) is 25.5 Å². The molecule has 2 aromatic heterocycles. The molecule has 0 aliphatic heterocycles. The van der Waals surface area contributed by atoms with Crippen LogP contribution < -0.4 is 5.32 Å². The SMILES string of the molecule is CC(C)Cn1nccc1NC(=O)c1nn(-c2ccc(F)cc2)c2c1CCCC2. The predicted octanol–water partition coefficient (Wildman–Crippen LogP) is 4.00. The normalized spacial score (nSPS) is 13.6. The zero-order valence-electron chi connectivity index (χ0n) is 16.2. The van der Waals surface area contributed by atoms with Gasteiger partial charge in [-0.25, -0.2) is 13.8 Å². The maximum absolute atomic E-state index is 13.3. The lowest BCUT2D eigenvalue weighted by atomic mass is 9.95. The quantitative estimate of drug-likeness (QED) is 0.727. The van der Waals surface area contributed by atoms with Crippen LogP contribution in [0.2, 0.25) is 0 Å². The second-order valence-electron chi connectivity index (χ2n) is 7.62. The first-order valence-corrected chi connectivity index (χ1v) is 9.73. The van der Waals surface area contributed by atoms with Crippen LogP contribution in [-0.2, 0) is 19.4 Å². The highest BCUT2D eigenvalue weighted by Crippen LogP contribution is 2.27. The predicted molar refractivity (Wildman–Crippen MR) is 105 cm³/mol.